The molecule has 2 nitrogen and oxygen atoms in total. The van der Waals surface area contributed by atoms with Gasteiger partial charge in [-0.25, -0.2) is 0 Å². The van der Waals surface area contributed by atoms with E-state index in [4.69, 9.17) is 0 Å². The Kier molecular flexibility index (Phi) is 7.27. The smallest absolute Gasteiger partial charge is 0.0602 e. The molecule has 162 valence electrons. The molecule has 3 saturated carbocycles. The predicted octanol–water partition coefficient (Wildman–Crippen LogP) is 6.51. The van der Waals surface area contributed by atoms with Gasteiger partial charge in [0.25, 0.3) is 0 Å². The van der Waals surface area contributed by atoms with Crippen LogP contribution in [0.25, 0.3) is 0 Å². The van der Waals surface area contributed by atoms with Crippen LogP contribution in [0.2, 0.25) is 0 Å². The molecule has 0 heterocycles. The van der Waals surface area contributed by atoms with E-state index in [1.165, 1.54) is 48.8 Å². The Bertz CT molecular complexity index is 694. The van der Waals surface area contributed by atoms with Gasteiger partial charge in [0.15, 0.2) is 0 Å². The molecule has 3 rings (SSSR count). The van der Waals surface area contributed by atoms with E-state index in [2.05, 4.69) is 58.9 Å². The second kappa shape index (κ2) is 9.35. The van der Waals surface area contributed by atoms with Crippen molar-refractivity contribution < 1.29 is 10.2 Å². The molecule has 0 aromatic rings. The second-order valence-corrected chi connectivity index (χ2v) is 10.5. The van der Waals surface area contributed by atoms with Crippen LogP contribution in [0.15, 0.2) is 46.6 Å². The molecular weight excluding hydrogens is 356 g/mol. The van der Waals surface area contributed by atoms with Crippen LogP contribution in [0, 0.1) is 23.2 Å². The molecule has 3 aliphatic carbocycles. The highest BCUT2D eigenvalue weighted by Gasteiger charge is 2.50. The van der Waals surface area contributed by atoms with E-state index in [1.54, 1.807) is 5.57 Å². The zero-order chi connectivity index (χ0) is 21.2. The summed E-state index contributed by atoms with van der Waals surface area (Å²) in [6.45, 7) is 11.5. The van der Waals surface area contributed by atoms with Crippen molar-refractivity contribution in [2.45, 2.75) is 98.2 Å². The molecule has 29 heavy (non-hydrogen) atoms. The summed E-state index contributed by atoms with van der Waals surface area (Å²) in [6.07, 6.45) is 17.0. The Labute approximate surface area is 178 Å². The Morgan fingerprint density at radius 2 is 1.76 bits per heavy atom. The highest BCUT2D eigenvalue weighted by molar-refractivity contribution is 5.27. The van der Waals surface area contributed by atoms with Gasteiger partial charge in [-0.15, -0.1) is 0 Å². The predicted molar refractivity (Wildman–Crippen MR) is 123 cm³/mol. The molecule has 3 fully saturated rings. The van der Waals surface area contributed by atoms with Gasteiger partial charge in [0.1, 0.15) is 0 Å². The van der Waals surface area contributed by atoms with Crippen LogP contribution in [0.4, 0.5) is 0 Å². The maximum Gasteiger partial charge on any atom is 0.0602 e. The first-order valence-electron chi connectivity index (χ1n) is 11.8. The molecule has 2 N–H and O–H groups in total. The molecule has 0 unspecified atom stereocenters. The van der Waals surface area contributed by atoms with E-state index in [-0.39, 0.29) is 12.2 Å². The van der Waals surface area contributed by atoms with E-state index < -0.39 is 0 Å². The number of allylic oxidation sites excluding steroid dienone is 7. The minimum Gasteiger partial charge on any atom is -0.393 e. The number of hydrogen-bond donors (Lipinski definition) is 2. The third-order valence-electron chi connectivity index (χ3n) is 8.18. The molecule has 0 radical (unpaired) electrons. The molecule has 0 aromatic heterocycles. The summed E-state index contributed by atoms with van der Waals surface area (Å²) in [4.78, 5) is 0. The quantitative estimate of drug-likeness (QED) is 0.530. The third kappa shape index (κ3) is 5.14. The summed E-state index contributed by atoms with van der Waals surface area (Å²) in [5, 5.41) is 19.9. The Morgan fingerprint density at radius 3 is 2.41 bits per heavy atom. The van der Waals surface area contributed by atoms with Gasteiger partial charge in [0, 0.05) is 0 Å². The SMILES string of the molecule is CC(C)=C(C)/C=C/[C@@H](C)[C@H]1CC[C@H]2/C(=C/C=C3C[C@@H](O)C[C@H](O)C3)CCC[C@]12C. The standard InChI is InChI=1S/C27H42O2/c1-18(2)19(3)8-9-20(4)25-12-13-26-22(7-6-14-27(25,26)5)11-10-21-15-23(28)17-24(29)16-21/h8-11,20,23-26,28-29H,6-7,12-17H2,1-5H3/b9-8+,22-11+/t20-,23-,24-,25-,26+,27-/m1/s1. The fourth-order valence-electron chi connectivity index (χ4n) is 6.27. The number of aliphatic hydroxyl groups is 2. The Morgan fingerprint density at radius 1 is 1.07 bits per heavy atom. The molecule has 0 saturated heterocycles. The fraction of sp³-hybridized carbons (Fsp3) is 0.704. The lowest BCUT2D eigenvalue weighted by Gasteiger charge is -2.44. The number of rotatable bonds is 4. The van der Waals surface area contributed by atoms with Gasteiger partial charge in [-0.05, 0) is 95.3 Å². The van der Waals surface area contributed by atoms with Crippen LogP contribution in [-0.4, -0.2) is 22.4 Å². The lowest BCUT2D eigenvalue weighted by atomic mass is 9.61. The number of fused-ring (bicyclic) bond motifs is 1. The maximum atomic E-state index is 9.97. The van der Waals surface area contributed by atoms with E-state index in [9.17, 15) is 10.2 Å². The van der Waals surface area contributed by atoms with Gasteiger partial charge < -0.3 is 10.2 Å². The van der Waals surface area contributed by atoms with Crippen LogP contribution >= 0.6 is 0 Å². The number of hydrogen-bond acceptors (Lipinski definition) is 2. The summed E-state index contributed by atoms with van der Waals surface area (Å²) in [5.41, 5.74) is 6.01. The van der Waals surface area contributed by atoms with Gasteiger partial charge in [-0.2, -0.15) is 0 Å². The van der Waals surface area contributed by atoms with Crippen molar-refractivity contribution >= 4 is 0 Å². The lowest BCUT2D eigenvalue weighted by molar-refractivity contribution is 0.0609. The minimum atomic E-state index is -0.382. The van der Waals surface area contributed by atoms with Crippen LogP contribution in [-0.2, 0) is 0 Å². The molecule has 2 heteroatoms. The van der Waals surface area contributed by atoms with Gasteiger partial charge in [0.2, 0.25) is 0 Å². The van der Waals surface area contributed by atoms with Crippen molar-refractivity contribution in [2.24, 2.45) is 23.2 Å². The summed E-state index contributed by atoms with van der Waals surface area (Å²) < 4.78 is 0. The average molecular weight is 399 g/mol. The molecule has 3 aliphatic rings. The summed E-state index contributed by atoms with van der Waals surface area (Å²) in [6, 6.07) is 0. The molecule has 0 aliphatic heterocycles. The van der Waals surface area contributed by atoms with Crippen molar-refractivity contribution in [1.29, 1.82) is 0 Å². The molecule has 0 amide bonds. The average Bonchev–Trinajstić information content (AvgIpc) is 3.00. The van der Waals surface area contributed by atoms with E-state index in [0.29, 0.717) is 23.7 Å². The first-order chi connectivity index (χ1) is 13.7. The molecule has 6 atom stereocenters. The monoisotopic (exact) mass is 398 g/mol. The molecule has 0 aromatic carbocycles. The summed E-state index contributed by atoms with van der Waals surface area (Å²) in [7, 11) is 0. The molecule has 0 spiro atoms. The van der Waals surface area contributed by atoms with E-state index in [0.717, 1.165) is 18.8 Å². The van der Waals surface area contributed by atoms with Gasteiger partial charge >= 0.3 is 0 Å². The van der Waals surface area contributed by atoms with Crippen LogP contribution < -0.4 is 0 Å². The maximum absolute atomic E-state index is 9.97. The zero-order valence-electron chi connectivity index (χ0n) is 19.2. The van der Waals surface area contributed by atoms with Crippen LogP contribution in [0.1, 0.15) is 86.0 Å². The number of aliphatic hydroxyl groups excluding tert-OH is 2. The fourth-order valence-corrected chi connectivity index (χ4v) is 6.27. The lowest BCUT2D eigenvalue weighted by Crippen LogP contribution is -2.35. The Hall–Kier alpha value is -1.12. The van der Waals surface area contributed by atoms with Gasteiger partial charge in [-0.1, -0.05) is 60.4 Å². The summed E-state index contributed by atoms with van der Waals surface area (Å²) >= 11 is 0. The van der Waals surface area contributed by atoms with Crippen LogP contribution in [0.3, 0.4) is 0 Å². The van der Waals surface area contributed by atoms with E-state index in [1.807, 2.05) is 0 Å². The van der Waals surface area contributed by atoms with Crippen molar-refractivity contribution in [3.05, 3.63) is 46.6 Å². The third-order valence-corrected chi connectivity index (χ3v) is 8.18. The van der Waals surface area contributed by atoms with Gasteiger partial charge in [0.05, 0.1) is 12.2 Å². The second-order valence-electron chi connectivity index (χ2n) is 10.5. The van der Waals surface area contributed by atoms with Crippen molar-refractivity contribution in [2.75, 3.05) is 0 Å². The molecule has 0 bridgehead atoms. The largest absolute Gasteiger partial charge is 0.393 e. The van der Waals surface area contributed by atoms with Crippen molar-refractivity contribution in [3.63, 3.8) is 0 Å². The Balaban J connectivity index is 1.75. The van der Waals surface area contributed by atoms with Crippen LogP contribution in [0.5, 0.6) is 0 Å². The zero-order valence-corrected chi connectivity index (χ0v) is 19.2. The molecular formula is C27H42O2. The summed E-state index contributed by atoms with van der Waals surface area (Å²) in [5.74, 6) is 2.06. The first kappa shape index (κ1) is 22.6. The highest BCUT2D eigenvalue weighted by Crippen LogP contribution is 2.59. The highest BCUT2D eigenvalue weighted by atomic mass is 16.3. The first-order valence-corrected chi connectivity index (χ1v) is 11.8. The van der Waals surface area contributed by atoms with E-state index >= 15 is 0 Å². The van der Waals surface area contributed by atoms with Crippen molar-refractivity contribution in [1.82, 2.24) is 0 Å². The topological polar surface area (TPSA) is 40.5 Å². The normalized spacial score (nSPS) is 37.6. The van der Waals surface area contributed by atoms with Crippen molar-refractivity contribution in [3.8, 4) is 0 Å². The van der Waals surface area contributed by atoms with Gasteiger partial charge in [-0.3, -0.25) is 0 Å². The minimum absolute atomic E-state index is 0.382.